The highest BCUT2D eigenvalue weighted by Crippen LogP contribution is 2.26. The maximum absolute atomic E-state index is 13.6. The van der Waals surface area contributed by atoms with Gasteiger partial charge in [0.05, 0.1) is 6.04 Å². The SMILES string of the molecule is CC(COc1ccccc1F)NC(=O)C1CCN(S(=O)(=O)c2cccs2)CC1. The Morgan fingerprint density at radius 2 is 2.00 bits per heavy atom. The first-order valence-electron chi connectivity index (χ1n) is 9.09. The van der Waals surface area contributed by atoms with Crippen molar-refractivity contribution in [3.8, 4) is 5.75 Å². The summed E-state index contributed by atoms with van der Waals surface area (Å²) in [4.78, 5) is 12.5. The minimum absolute atomic E-state index is 0.127. The Labute approximate surface area is 168 Å². The first kappa shape index (κ1) is 20.8. The topological polar surface area (TPSA) is 75.7 Å². The highest BCUT2D eigenvalue weighted by molar-refractivity contribution is 7.91. The van der Waals surface area contributed by atoms with Crippen molar-refractivity contribution >= 4 is 27.3 Å². The van der Waals surface area contributed by atoms with Crippen LogP contribution < -0.4 is 10.1 Å². The number of ether oxygens (including phenoxy) is 1. The third-order valence-corrected chi connectivity index (χ3v) is 7.90. The van der Waals surface area contributed by atoms with Crippen molar-refractivity contribution < 1.29 is 22.3 Å². The van der Waals surface area contributed by atoms with E-state index in [9.17, 15) is 17.6 Å². The molecule has 152 valence electrons. The Kier molecular flexibility index (Phi) is 6.69. The highest BCUT2D eigenvalue weighted by atomic mass is 32.2. The van der Waals surface area contributed by atoms with Gasteiger partial charge in [0.25, 0.3) is 10.0 Å². The smallest absolute Gasteiger partial charge is 0.252 e. The molecule has 0 radical (unpaired) electrons. The predicted molar refractivity (Wildman–Crippen MR) is 105 cm³/mol. The fourth-order valence-corrected chi connectivity index (χ4v) is 5.69. The molecule has 3 rings (SSSR count). The van der Waals surface area contributed by atoms with Crippen molar-refractivity contribution in [2.75, 3.05) is 19.7 Å². The van der Waals surface area contributed by atoms with Crippen LogP contribution in [0.25, 0.3) is 0 Å². The number of nitrogens with zero attached hydrogens (tertiary/aromatic N) is 1. The number of nitrogens with one attached hydrogen (secondary N) is 1. The summed E-state index contributed by atoms with van der Waals surface area (Å²) in [5, 5.41) is 4.60. The third-order valence-electron chi connectivity index (χ3n) is 4.63. The number of amides is 1. The van der Waals surface area contributed by atoms with Crippen LogP contribution in [0.5, 0.6) is 5.75 Å². The van der Waals surface area contributed by atoms with E-state index in [1.807, 2.05) is 0 Å². The lowest BCUT2D eigenvalue weighted by Crippen LogP contribution is -2.45. The molecular formula is C19H23FN2O4S2. The molecule has 1 aliphatic rings. The fourth-order valence-electron chi connectivity index (χ4n) is 3.07. The van der Waals surface area contributed by atoms with E-state index in [0.29, 0.717) is 30.1 Å². The second kappa shape index (κ2) is 9.02. The van der Waals surface area contributed by atoms with Crippen molar-refractivity contribution in [3.05, 3.63) is 47.6 Å². The molecule has 0 spiro atoms. The van der Waals surface area contributed by atoms with Crippen molar-refractivity contribution in [2.45, 2.75) is 30.0 Å². The van der Waals surface area contributed by atoms with Gasteiger partial charge in [-0.25, -0.2) is 12.8 Å². The molecular weight excluding hydrogens is 403 g/mol. The molecule has 0 aliphatic carbocycles. The van der Waals surface area contributed by atoms with Crippen LogP contribution >= 0.6 is 11.3 Å². The van der Waals surface area contributed by atoms with E-state index >= 15 is 0 Å². The first-order valence-corrected chi connectivity index (χ1v) is 11.4. The number of benzene rings is 1. The molecule has 0 bridgehead atoms. The number of hydrogen-bond donors (Lipinski definition) is 1. The summed E-state index contributed by atoms with van der Waals surface area (Å²) in [7, 11) is -3.47. The van der Waals surface area contributed by atoms with E-state index in [0.717, 1.165) is 0 Å². The molecule has 1 aromatic carbocycles. The van der Waals surface area contributed by atoms with Gasteiger partial charge in [0, 0.05) is 19.0 Å². The quantitative estimate of drug-likeness (QED) is 0.739. The Hall–Kier alpha value is -1.97. The molecule has 1 unspecified atom stereocenters. The maximum atomic E-state index is 13.6. The number of thiophene rings is 1. The number of piperidine rings is 1. The van der Waals surface area contributed by atoms with Gasteiger partial charge in [0.1, 0.15) is 10.8 Å². The molecule has 1 fully saturated rings. The summed E-state index contributed by atoms with van der Waals surface area (Å²) in [6.45, 7) is 2.57. The summed E-state index contributed by atoms with van der Waals surface area (Å²) in [5.41, 5.74) is 0. The molecule has 1 atom stereocenters. The predicted octanol–water partition coefficient (Wildman–Crippen LogP) is 2.87. The summed E-state index contributed by atoms with van der Waals surface area (Å²) in [5.74, 6) is -0.667. The zero-order valence-corrected chi connectivity index (χ0v) is 17.1. The van der Waals surface area contributed by atoms with Crippen molar-refractivity contribution in [2.24, 2.45) is 5.92 Å². The number of rotatable bonds is 7. The van der Waals surface area contributed by atoms with Gasteiger partial charge >= 0.3 is 0 Å². The number of hydrogen-bond acceptors (Lipinski definition) is 5. The Balaban J connectivity index is 1.46. The van der Waals surface area contributed by atoms with Gasteiger partial charge in [0.15, 0.2) is 11.6 Å². The number of carbonyl (C=O) groups excluding carboxylic acids is 1. The second-order valence-corrected chi connectivity index (χ2v) is 9.87. The molecule has 28 heavy (non-hydrogen) atoms. The molecule has 1 N–H and O–H groups in total. The van der Waals surface area contributed by atoms with Crippen LogP contribution in [0.1, 0.15) is 19.8 Å². The maximum Gasteiger partial charge on any atom is 0.252 e. The fraction of sp³-hybridized carbons (Fsp3) is 0.421. The van der Waals surface area contributed by atoms with Gasteiger partial charge in [-0.2, -0.15) is 4.31 Å². The van der Waals surface area contributed by atoms with E-state index in [1.165, 1.54) is 27.8 Å². The standard InChI is InChI=1S/C19H23FN2O4S2/c1-14(13-26-17-6-3-2-5-16(17)20)21-19(23)15-8-10-22(11-9-15)28(24,25)18-7-4-12-27-18/h2-7,12,14-15H,8-11,13H2,1H3,(H,21,23). The van der Waals surface area contributed by atoms with Gasteiger partial charge in [-0.05, 0) is 43.3 Å². The van der Waals surface area contributed by atoms with E-state index in [-0.39, 0.29) is 30.2 Å². The molecule has 1 amide bonds. The first-order chi connectivity index (χ1) is 13.4. The summed E-state index contributed by atoms with van der Waals surface area (Å²) in [6.07, 6.45) is 0.939. The third kappa shape index (κ3) is 4.89. The van der Waals surface area contributed by atoms with Crippen LogP contribution in [-0.4, -0.2) is 44.4 Å². The Morgan fingerprint density at radius 3 is 2.64 bits per heavy atom. The largest absolute Gasteiger partial charge is 0.488 e. The second-order valence-electron chi connectivity index (χ2n) is 6.76. The molecule has 9 heteroatoms. The zero-order valence-electron chi connectivity index (χ0n) is 15.5. The molecule has 6 nitrogen and oxygen atoms in total. The van der Waals surface area contributed by atoms with E-state index < -0.39 is 15.8 Å². The van der Waals surface area contributed by atoms with E-state index in [1.54, 1.807) is 36.6 Å². The zero-order chi connectivity index (χ0) is 20.1. The Morgan fingerprint density at radius 1 is 1.29 bits per heavy atom. The van der Waals surface area contributed by atoms with E-state index in [4.69, 9.17) is 4.74 Å². The average molecular weight is 427 g/mol. The molecule has 2 heterocycles. The lowest BCUT2D eigenvalue weighted by atomic mass is 9.97. The van der Waals surface area contributed by atoms with Crippen LogP contribution in [0.2, 0.25) is 0 Å². The van der Waals surface area contributed by atoms with Crippen molar-refractivity contribution in [1.82, 2.24) is 9.62 Å². The summed E-state index contributed by atoms with van der Waals surface area (Å²) < 4.78 is 45.8. The summed E-state index contributed by atoms with van der Waals surface area (Å²) >= 11 is 1.19. The normalized spacial score (nSPS) is 17.2. The van der Waals surface area contributed by atoms with Gasteiger partial charge in [-0.15, -0.1) is 11.3 Å². The number of sulfonamides is 1. The molecule has 0 saturated carbocycles. The molecule has 1 saturated heterocycles. The monoisotopic (exact) mass is 426 g/mol. The molecule has 1 aromatic heterocycles. The van der Waals surface area contributed by atoms with Crippen LogP contribution in [0, 0.1) is 11.7 Å². The van der Waals surface area contributed by atoms with Crippen LogP contribution in [0.4, 0.5) is 4.39 Å². The van der Waals surface area contributed by atoms with Crippen LogP contribution in [0.3, 0.4) is 0 Å². The lowest BCUT2D eigenvalue weighted by molar-refractivity contribution is -0.126. The van der Waals surface area contributed by atoms with Gasteiger partial charge in [-0.3, -0.25) is 4.79 Å². The average Bonchev–Trinajstić information content (AvgIpc) is 3.23. The van der Waals surface area contributed by atoms with E-state index in [2.05, 4.69) is 5.32 Å². The molecule has 1 aliphatic heterocycles. The number of carbonyl (C=O) groups is 1. The van der Waals surface area contributed by atoms with Gasteiger partial charge < -0.3 is 10.1 Å². The van der Waals surface area contributed by atoms with Crippen molar-refractivity contribution in [1.29, 1.82) is 0 Å². The molecule has 2 aromatic rings. The minimum Gasteiger partial charge on any atom is -0.488 e. The number of halogens is 1. The highest BCUT2D eigenvalue weighted by Gasteiger charge is 2.32. The van der Waals surface area contributed by atoms with Crippen molar-refractivity contribution in [3.63, 3.8) is 0 Å². The van der Waals surface area contributed by atoms with Crippen LogP contribution in [-0.2, 0) is 14.8 Å². The summed E-state index contributed by atoms with van der Waals surface area (Å²) in [6, 6.07) is 9.13. The lowest BCUT2D eigenvalue weighted by Gasteiger charge is -2.30. The number of para-hydroxylation sites is 1. The van der Waals surface area contributed by atoms with Crippen LogP contribution in [0.15, 0.2) is 46.0 Å². The van der Waals surface area contributed by atoms with Gasteiger partial charge in [-0.1, -0.05) is 18.2 Å². The van der Waals surface area contributed by atoms with Gasteiger partial charge in [0.2, 0.25) is 5.91 Å². The Bertz CT molecular complexity index is 894. The minimum atomic E-state index is -3.47.